The van der Waals surface area contributed by atoms with Gasteiger partial charge >= 0.3 is 6.09 Å². The number of aromatic nitrogens is 1. The lowest BCUT2D eigenvalue weighted by Gasteiger charge is -2.15. The minimum absolute atomic E-state index is 0.0221. The van der Waals surface area contributed by atoms with E-state index in [0.29, 0.717) is 33.7 Å². The number of amides is 1. The molecule has 2 heterocycles. The minimum atomic E-state index is -1.19. The zero-order valence-corrected chi connectivity index (χ0v) is 16.4. The molecule has 3 aromatic rings. The number of nitrogens with one attached hydrogen (secondary N) is 1. The van der Waals surface area contributed by atoms with Crippen molar-refractivity contribution in [1.29, 1.82) is 0 Å². The number of non-ortho nitro benzene ring substituents is 1. The summed E-state index contributed by atoms with van der Waals surface area (Å²) >= 11 is 0. The van der Waals surface area contributed by atoms with Crippen molar-refractivity contribution in [3.63, 3.8) is 0 Å². The van der Waals surface area contributed by atoms with E-state index in [1.165, 1.54) is 16.7 Å². The number of carbonyl (C=O) groups excluding carboxylic acids is 1. The normalized spacial score (nSPS) is 13.2. The van der Waals surface area contributed by atoms with E-state index in [4.69, 9.17) is 14.6 Å². The number of nitro groups is 1. The summed E-state index contributed by atoms with van der Waals surface area (Å²) in [7, 11) is 0. The summed E-state index contributed by atoms with van der Waals surface area (Å²) < 4.78 is 12.2. The van der Waals surface area contributed by atoms with Crippen molar-refractivity contribution in [2.45, 2.75) is 13.0 Å². The van der Waals surface area contributed by atoms with Gasteiger partial charge in [0.15, 0.2) is 17.3 Å². The lowest BCUT2D eigenvalue weighted by atomic mass is 10.0. The molecule has 2 aliphatic rings. The lowest BCUT2D eigenvalue weighted by molar-refractivity contribution is -0.384. The molecule has 2 aromatic carbocycles. The van der Waals surface area contributed by atoms with Gasteiger partial charge in [-0.15, -0.1) is 0 Å². The van der Waals surface area contributed by atoms with Crippen LogP contribution in [0.1, 0.15) is 22.3 Å². The highest BCUT2D eigenvalue weighted by molar-refractivity contribution is 6.27. The molecule has 1 amide bonds. The number of nitro benzene ring substituents is 1. The number of fused-ring (bicyclic) bond motifs is 6. The van der Waals surface area contributed by atoms with E-state index in [1.54, 1.807) is 12.1 Å². The van der Waals surface area contributed by atoms with Gasteiger partial charge in [0.25, 0.3) is 11.2 Å². The first kappa shape index (κ1) is 19.5. The van der Waals surface area contributed by atoms with E-state index >= 15 is 0 Å². The molecule has 11 heteroatoms. The Balaban J connectivity index is 1.75. The fourth-order valence-electron chi connectivity index (χ4n) is 4.17. The van der Waals surface area contributed by atoms with Gasteiger partial charge in [-0.1, -0.05) is 0 Å². The van der Waals surface area contributed by atoms with E-state index in [2.05, 4.69) is 5.32 Å². The van der Waals surface area contributed by atoms with Crippen molar-refractivity contribution in [3.8, 4) is 22.8 Å². The highest BCUT2D eigenvalue weighted by Crippen LogP contribution is 2.46. The van der Waals surface area contributed by atoms with Crippen LogP contribution in [0.4, 0.5) is 10.5 Å². The van der Waals surface area contributed by atoms with E-state index in [-0.39, 0.29) is 48.7 Å². The number of pyridine rings is 1. The first-order valence-corrected chi connectivity index (χ1v) is 9.67. The van der Waals surface area contributed by atoms with Crippen LogP contribution in [-0.4, -0.2) is 39.8 Å². The van der Waals surface area contributed by atoms with Gasteiger partial charge in [-0.3, -0.25) is 19.7 Å². The average Bonchev–Trinajstić information content (AvgIpc) is 3.33. The van der Waals surface area contributed by atoms with Crippen LogP contribution in [0.2, 0.25) is 0 Å². The van der Waals surface area contributed by atoms with Crippen LogP contribution in [0.5, 0.6) is 11.5 Å². The number of nitrogens with zero attached hydrogens (tertiary/aromatic N) is 2. The monoisotopic (exact) mass is 437 g/mol. The largest absolute Gasteiger partial charge is 0.465 e. The van der Waals surface area contributed by atoms with Gasteiger partial charge < -0.3 is 24.5 Å². The first-order valence-electron chi connectivity index (χ1n) is 9.67. The Hall–Kier alpha value is -4.41. The number of ether oxygens (including phenoxy) is 2. The van der Waals surface area contributed by atoms with Crippen molar-refractivity contribution in [1.82, 2.24) is 9.88 Å². The van der Waals surface area contributed by atoms with Crippen LogP contribution in [-0.2, 0) is 6.54 Å². The van der Waals surface area contributed by atoms with E-state index in [9.17, 15) is 24.5 Å². The average molecular weight is 437 g/mol. The zero-order valence-electron chi connectivity index (χ0n) is 16.4. The second kappa shape index (κ2) is 7.08. The third-order valence-electron chi connectivity index (χ3n) is 5.54. The van der Waals surface area contributed by atoms with Crippen molar-refractivity contribution in [3.05, 3.63) is 61.9 Å². The number of benzene rings is 2. The van der Waals surface area contributed by atoms with E-state index in [1.807, 2.05) is 0 Å². The fraction of sp³-hybridized carbons (Fsp3) is 0.190. The van der Waals surface area contributed by atoms with Crippen molar-refractivity contribution in [2.24, 2.45) is 0 Å². The molecule has 0 saturated heterocycles. The number of ketones is 1. The third-order valence-corrected chi connectivity index (χ3v) is 5.54. The van der Waals surface area contributed by atoms with Crippen LogP contribution < -0.4 is 20.3 Å². The smallest absolute Gasteiger partial charge is 0.404 e. The van der Waals surface area contributed by atoms with Gasteiger partial charge in [0.05, 0.1) is 21.6 Å². The third kappa shape index (κ3) is 2.86. The standard InChI is InChI=1S/C21H15N3O8/c25-19-13-8-16-15(31-9-32-16)7-12(13)18-17(19)11-3-2-10(24(29)30)6-14(11)20(26)23(18)5-1-4-22-21(27)28/h2-3,6-8,22H,1,4-5,9H2,(H,27,28). The molecule has 5 rings (SSSR count). The molecule has 11 nitrogen and oxygen atoms in total. The minimum Gasteiger partial charge on any atom is -0.465 e. The molecule has 1 aliphatic heterocycles. The van der Waals surface area contributed by atoms with Gasteiger partial charge in [0, 0.05) is 41.7 Å². The fourth-order valence-corrected chi connectivity index (χ4v) is 4.17. The molecule has 0 fully saturated rings. The Morgan fingerprint density at radius 2 is 1.84 bits per heavy atom. The maximum atomic E-state index is 13.4. The van der Waals surface area contributed by atoms with Gasteiger partial charge in [0.1, 0.15) is 0 Å². The molecular weight excluding hydrogens is 422 g/mol. The number of hydrogen-bond acceptors (Lipinski definition) is 7. The van der Waals surface area contributed by atoms with Crippen molar-refractivity contribution >= 4 is 28.3 Å². The molecule has 0 spiro atoms. The predicted octanol–water partition coefficient (Wildman–Crippen LogP) is 2.51. The zero-order chi connectivity index (χ0) is 22.6. The quantitative estimate of drug-likeness (QED) is 0.275. The predicted molar refractivity (Wildman–Crippen MR) is 110 cm³/mol. The highest BCUT2D eigenvalue weighted by atomic mass is 16.7. The van der Waals surface area contributed by atoms with Crippen molar-refractivity contribution < 1.29 is 29.1 Å². The molecular formula is C21H15N3O8. The summed E-state index contributed by atoms with van der Waals surface area (Å²) in [6.07, 6.45) is -0.919. The molecule has 0 saturated carbocycles. The summed E-state index contributed by atoms with van der Waals surface area (Å²) in [5.41, 5.74) is 0.711. The van der Waals surface area contributed by atoms with E-state index in [0.717, 1.165) is 6.07 Å². The van der Waals surface area contributed by atoms with E-state index < -0.39 is 16.6 Å². The van der Waals surface area contributed by atoms with Gasteiger partial charge in [0.2, 0.25) is 6.79 Å². The Kier molecular flexibility index (Phi) is 4.33. The Morgan fingerprint density at radius 3 is 2.53 bits per heavy atom. The number of rotatable bonds is 5. The topological polar surface area (TPSA) is 150 Å². The summed E-state index contributed by atoms with van der Waals surface area (Å²) in [6, 6.07) is 7.04. The highest BCUT2D eigenvalue weighted by Gasteiger charge is 2.35. The number of carbonyl (C=O) groups is 2. The van der Waals surface area contributed by atoms with Crippen LogP contribution in [0.15, 0.2) is 35.1 Å². The molecule has 0 radical (unpaired) electrons. The van der Waals surface area contributed by atoms with Crippen LogP contribution in [0.25, 0.3) is 22.0 Å². The summed E-state index contributed by atoms with van der Waals surface area (Å²) in [6.45, 7) is 0.209. The molecule has 1 aliphatic carbocycles. The number of hydrogen-bond donors (Lipinski definition) is 2. The maximum Gasteiger partial charge on any atom is 0.404 e. The second-order valence-corrected chi connectivity index (χ2v) is 7.33. The Bertz CT molecular complexity index is 1410. The van der Waals surface area contributed by atoms with Crippen LogP contribution >= 0.6 is 0 Å². The molecule has 2 N–H and O–H groups in total. The molecule has 0 bridgehead atoms. The lowest BCUT2D eigenvalue weighted by Crippen LogP contribution is -2.27. The molecule has 1 aromatic heterocycles. The van der Waals surface area contributed by atoms with Crippen molar-refractivity contribution in [2.75, 3.05) is 13.3 Å². The molecule has 0 atom stereocenters. The van der Waals surface area contributed by atoms with Crippen LogP contribution in [0, 0.1) is 10.1 Å². The summed E-state index contributed by atoms with van der Waals surface area (Å²) in [5.74, 6) is 0.536. The molecule has 162 valence electrons. The second-order valence-electron chi connectivity index (χ2n) is 7.33. The Morgan fingerprint density at radius 1 is 1.12 bits per heavy atom. The van der Waals surface area contributed by atoms with Gasteiger partial charge in [-0.2, -0.15) is 0 Å². The first-order chi connectivity index (χ1) is 15.4. The number of carboxylic acid groups (broad SMARTS) is 1. The van der Waals surface area contributed by atoms with Crippen LogP contribution in [0.3, 0.4) is 0 Å². The maximum absolute atomic E-state index is 13.4. The van der Waals surface area contributed by atoms with Gasteiger partial charge in [-0.05, 0) is 24.6 Å². The molecule has 32 heavy (non-hydrogen) atoms. The molecule has 0 unspecified atom stereocenters. The Labute approximate surface area is 178 Å². The SMILES string of the molecule is O=C(O)NCCCn1c2c(c3ccc([N+](=O)[O-])cc3c1=O)C(=O)c1cc3c(cc1-2)OCO3. The van der Waals surface area contributed by atoms with Gasteiger partial charge in [-0.25, -0.2) is 4.79 Å². The summed E-state index contributed by atoms with van der Waals surface area (Å²) in [4.78, 5) is 48.1. The summed E-state index contributed by atoms with van der Waals surface area (Å²) in [5, 5.41) is 22.6.